The smallest absolute Gasteiger partial charge is 0.182 e. The minimum atomic E-state index is 0.509. The van der Waals surface area contributed by atoms with Crippen LogP contribution in [-0.4, -0.2) is 20.2 Å². The average Bonchev–Trinajstić information content (AvgIpc) is 2.85. The number of aromatic nitrogens is 4. The van der Waals surface area contributed by atoms with E-state index in [4.69, 9.17) is 28.9 Å². The zero-order valence-electron chi connectivity index (χ0n) is 10.9. The highest BCUT2D eigenvalue weighted by Crippen LogP contribution is 2.24. The molecule has 1 aromatic heterocycles. The molecule has 0 radical (unpaired) electrons. The number of hydrogen-bond donors (Lipinski definition) is 1. The van der Waals surface area contributed by atoms with Gasteiger partial charge in [0.25, 0.3) is 0 Å². The second-order valence-electron chi connectivity index (χ2n) is 4.56. The molecule has 0 amide bonds. The fourth-order valence-corrected chi connectivity index (χ4v) is 2.52. The molecule has 0 saturated carbocycles. The van der Waals surface area contributed by atoms with E-state index < -0.39 is 0 Å². The zero-order chi connectivity index (χ0) is 14.8. The number of anilines is 1. The molecule has 7 heteroatoms. The van der Waals surface area contributed by atoms with E-state index in [0.29, 0.717) is 28.1 Å². The summed E-state index contributed by atoms with van der Waals surface area (Å²) in [6, 6.07) is 12.8. The van der Waals surface area contributed by atoms with Gasteiger partial charge in [-0.05, 0) is 46.3 Å². The number of halogens is 2. The van der Waals surface area contributed by atoms with Gasteiger partial charge in [0.2, 0.25) is 0 Å². The lowest BCUT2D eigenvalue weighted by Crippen LogP contribution is -2.04. The van der Waals surface area contributed by atoms with Crippen LogP contribution in [0.1, 0.15) is 5.56 Å². The van der Waals surface area contributed by atoms with Crippen molar-refractivity contribution >= 4 is 28.9 Å². The number of hydrogen-bond acceptors (Lipinski definition) is 4. The molecule has 3 rings (SSSR count). The molecule has 0 bridgehead atoms. The minimum absolute atomic E-state index is 0.509. The summed E-state index contributed by atoms with van der Waals surface area (Å²) < 4.78 is 1.68. The maximum absolute atomic E-state index is 6.03. The highest BCUT2D eigenvalue weighted by Gasteiger charge is 2.11. The van der Waals surface area contributed by atoms with Gasteiger partial charge in [-0.2, -0.15) is 0 Å². The molecule has 0 fully saturated rings. The van der Waals surface area contributed by atoms with E-state index in [2.05, 4.69) is 15.5 Å². The van der Waals surface area contributed by atoms with Crippen molar-refractivity contribution in [2.24, 2.45) is 0 Å². The molecular weight excluding hydrogens is 309 g/mol. The SMILES string of the molecule is Nc1cc(Cl)cc(-c2nnnn2Cc2cccc(Cl)c2)c1. The maximum atomic E-state index is 6.03. The molecule has 0 aliphatic carbocycles. The Morgan fingerprint density at radius 1 is 1.05 bits per heavy atom. The van der Waals surface area contributed by atoms with E-state index in [0.717, 1.165) is 11.1 Å². The summed E-state index contributed by atoms with van der Waals surface area (Å²) >= 11 is 12.0. The summed E-state index contributed by atoms with van der Waals surface area (Å²) in [5, 5.41) is 13.0. The standard InChI is InChI=1S/C14H11Cl2N5/c15-11-3-1-2-9(4-11)8-21-14(18-19-20-21)10-5-12(16)7-13(17)6-10/h1-7H,8,17H2. The van der Waals surface area contributed by atoms with E-state index >= 15 is 0 Å². The lowest BCUT2D eigenvalue weighted by atomic mass is 10.2. The maximum Gasteiger partial charge on any atom is 0.182 e. The molecule has 3 aromatic rings. The minimum Gasteiger partial charge on any atom is -0.399 e. The summed E-state index contributed by atoms with van der Waals surface area (Å²) in [4.78, 5) is 0. The number of rotatable bonds is 3. The van der Waals surface area contributed by atoms with Crippen LogP contribution in [-0.2, 0) is 6.54 Å². The van der Waals surface area contributed by atoms with E-state index in [9.17, 15) is 0 Å². The number of benzene rings is 2. The average molecular weight is 320 g/mol. The van der Waals surface area contributed by atoms with Crippen LogP contribution < -0.4 is 5.73 Å². The monoisotopic (exact) mass is 319 g/mol. The Bertz CT molecular complexity index is 764. The number of nitrogen functional groups attached to an aromatic ring is 1. The van der Waals surface area contributed by atoms with Crippen molar-refractivity contribution in [1.82, 2.24) is 20.2 Å². The molecule has 0 unspecified atom stereocenters. The Morgan fingerprint density at radius 2 is 1.90 bits per heavy atom. The van der Waals surface area contributed by atoms with E-state index in [-0.39, 0.29) is 0 Å². The van der Waals surface area contributed by atoms with Crippen molar-refractivity contribution in [3.8, 4) is 11.4 Å². The predicted octanol–water partition coefficient (Wildman–Crippen LogP) is 3.28. The van der Waals surface area contributed by atoms with Gasteiger partial charge in [0.1, 0.15) is 0 Å². The first kappa shape index (κ1) is 13.9. The second-order valence-corrected chi connectivity index (χ2v) is 5.44. The predicted molar refractivity (Wildman–Crippen MR) is 83.2 cm³/mol. The van der Waals surface area contributed by atoms with Gasteiger partial charge in [0, 0.05) is 21.3 Å². The van der Waals surface area contributed by atoms with Crippen LogP contribution in [0.5, 0.6) is 0 Å². The largest absolute Gasteiger partial charge is 0.399 e. The molecule has 0 aliphatic heterocycles. The van der Waals surface area contributed by atoms with Crippen molar-refractivity contribution in [3.63, 3.8) is 0 Å². The third-order valence-corrected chi connectivity index (χ3v) is 3.38. The van der Waals surface area contributed by atoms with Gasteiger partial charge in [-0.15, -0.1) is 5.10 Å². The van der Waals surface area contributed by atoms with Gasteiger partial charge < -0.3 is 5.73 Å². The molecular formula is C14H11Cl2N5. The molecule has 2 aromatic carbocycles. The number of tetrazole rings is 1. The summed E-state index contributed by atoms with van der Waals surface area (Å²) in [6.07, 6.45) is 0. The zero-order valence-corrected chi connectivity index (χ0v) is 12.4. The summed E-state index contributed by atoms with van der Waals surface area (Å²) in [7, 11) is 0. The Morgan fingerprint density at radius 3 is 2.67 bits per heavy atom. The van der Waals surface area contributed by atoms with Crippen molar-refractivity contribution in [2.75, 3.05) is 5.73 Å². The van der Waals surface area contributed by atoms with E-state index in [1.54, 1.807) is 22.9 Å². The summed E-state index contributed by atoms with van der Waals surface area (Å²) in [6.45, 7) is 0.509. The molecule has 5 nitrogen and oxygen atoms in total. The van der Waals surface area contributed by atoms with Gasteiger partial charge in [0.05, 0.1) is 6.54 Å². The number of nitrogens with zero attached hydrogens (tertiary/aromatic N) is 4. The summed E-state index contributed by atoms with van der Waals surface area (Å²) in [5.74, 6) is 0.601. The van der Waals surface area contributed by atoms with Gasteiger partial charge in [-0.25, -0.2) is 4.68 Å². The molecule has 2 N–H and O–H groups in total. The first-order valence-corrected chi connectivity index (χ1v) is 6.94. The van der Waals surface area contributed by atoms with Crippen molar-refractivity contribution in [2.45, 2.75) is 6.54 Å². The summed E-state index contributed by atoms with van der Waals surface area (Å²) in [5.41, 5.74) is 8.15. The van der Waals surface area contributed by atoms with Crippen LogP contribution in [0, 0.1) is 0 Å². The van der Waals surface area contributed by atoms with Gasteiger partial charge in [-0.1, -0.05) is 35.3 Å². The first-order valence-electron chi connectivity index (χ1n) is 6.19. The van der Waals surface area contributed by atoms with E-state index in [1.165, 1.54) is 0 Å². The molecule has 21 heavy (non-hydrogen) atoms. The fourth-order valence-electron chi connectivity index (χ4n) is 2.07. The lowest BCUT2D eigenvalue weighted by molar-refractivity contribution is 0.653. The van der Waals surface area contributed by atoms with Crippen molar-refractivity contribution in [3.05, 3.63) is 58.1 Å². The Labute approximate surface area is 131 Å². The molecule has 0 saturated heterocycles. The highest BCUT2D eigenvalue weighted by atomic mass is 35.5. The third-order valence-electron chi connectivity index (χ3n) is 2.93. The van der Waals surface area contributed by atoms with Crippen LogP contribution >= 0.6 is 23.2 Å². The molecule has 0 aliphatic rings. The molecule has 1 heterocycles. The second kappa shape index (κ2) is 5.71. The Balaban J connectivity index is 1.97. The van der Waals surface area contributed by atoms with Gasteiger partial charge >= 0.3 is 0 Å². The lowest BCUT2D eigenvalue weighted by Gasteiger charge is -2.06. The topological polar surface area (TPSA) is 69.6 Å². The van der Waals surface area contributed by atoms with Crippen molar-refractivity contribution in [1.29, 1.82) is 0 Å². The number of nitrogens with two attached hydrogens (primary N) is 1. The van der Waals surface area contributed by atoms with E-state index in [1.807, 2.05) is 24.3 Å². The van der Waals surface area contributed by atoms with Gasteiger partial charge in [0.15, 0.2) is 5.82 Å². The third kappa shape index (κ3) is 3.15. The molecule has 0 atom stereocenters. The van der Waals surface area contributed by atoms with Crippen LogP contribution in [0.3, 0.4) is 0 Å². The van der Waals surface area contributed by atoms with Crippen LogP contribution in [0.2, 0.25) is 10.0 Å². The van der Waals surface area contributed by atoms with Crippen LogP contribution in [0.15, 0.2) is 42.5 Å². The Hall–Kier alpha value is -2.11. The highest BCUT2D eigenvalue weighted by molar-refractivity contribution is 6.31. The van der Waals surface area contributed by atoms with Gasteiger partial charge in [-0.3, -0.25) is 0 Å². The molecule has 106 valence electrons. The quantitative estimate of drug-likeness (QED) is 0.752. The Kier molecular flexibility index (Phi) is 3.77. The normalized spacial score (nSPS) is 10.8. The molecule has 0 spiro atoms. The van der Waals surface area contributed by atoms with Crippen LogP contribution in [0.4, 0.5) is 5.69 Å². The van der Waals surface area contributed by atoms with Crippen LogP contribution in [0.25, 0.3) is 11.4 Å². The fraction of sp³-hybridized carbons (Fsp3) is 0.0714. The first-order chi connectivity index (χ1) is 10.1. The van der Waals surface area contributed by atoms with Crippen molar-refractivity contribution < 1.29 is 0 Å².